The van der Waals surface area contributed by atoms with E-state index in [9.17, 15) is 9.59 Å². The zero-order valence-corrected chi connectivity index (χ0v) is 15.3. The van der Waals surface area contributed by atoms with Gasteiger partial charge in [-0.1, -0.05) is 50.6 Å². The molecule has 0 aliphatic carbocycles. The van der Waals surface area contributed by atoms with E-state index < -0.39 is 6.04 Å². The molecule has 24 heavy (non-hydrogen) atoms. The molecule has 1 atom stereocenters. The Balaban J connectivity index is 1.89. The summed E-state index contributed by atoms with van der Waals surface area (Å²) in [6.07, 6.45) is 0.287. The van der Waals surface area contributed by atoms with Gasteiger partial charge in [0.1, 0.15) is 0 Å². The van der Waals surface area contributed by atoms with Crippen LogP contribution in [-0.2, 0) is 16.0 Å². The van der Waals surface area contributed by atoms with Crippen LogP contribution in [0.25, 0.3) is 0 Å². The van der Waals surface area contributed by atoms with Crippen LogP contribution in [0.2, 0.25) is 5.02 Å². The zero-order chi connectivity index (χ0) is 17.9. The molecule has 2 rings (SSSR count). The van der Waals surface area contributed by atoms with Gasteiger partial charge in [0, 0.05) is 31.2 Å². The first-order valence-corrected chi connectivity index (χ1v) is 8.63. The summed E-state index contributed by atoms with van der Waals surface area (Å²) in [5.41, 5.74) is 6.61. The molecule has 0 bridgehead atoms. The summed E-state index contributed by atoms with van der Waals surface area (Å²) in [5, 5.41) is 0.607. The van der Waals surface area contributed by atoms with E-state index in [4.69, 9.17) is 17.3 Å². The number of nitrogens with two attached hydrogens (primary N) is 1. The van der Waals surface area contributed by atoms with Gasteiger partial charge in [-0.05, 0) is 17.0 Å². The first kappa shape index (κ1) is 18.7. The zero-order valence-electron chi connectivity index (χ0n) is 14.6. The van der Waals surface area contributed by atoms with E-state index in [2.05, 4.69) is 0 Å². The molecule has 1 aromatic carbocycles. The fraction of sp³-hybridized carbons (Fsp3) is 0.556. The smallest absolute Gasteiger partial charge is 0.240 e. The van der Waals surface area contributed by atoms with Crippen molar-refractivity contribution in [1.29, 1.82) is 0 Å². The predicted molar refractivity (Wildman–Crippen MR) is 95.7 cm³/mol. The van der Waals surface area contributed by atoms with E-state index in [0.29, 0.717) is 31.2 Å². The summed E-state index contributed by atoms with van der Waals surface area (Å²) >= 11 is 6.11. The van der Waals surface area contributed by atoms with Crippen LogP contribution in [0.15, 0.2) is 24.3 Å². The van der Waals surface area contributed by atoms with Crippen molar-refractivity contribution in [2.45, 2.75) is 33.2 Å². The molecular formula is C18H26ClN3O2. The minimum Gasteiger partial charge on any atom is -0.339 e. The van der Waals surface area contributed by atoms with Crippen molar-refractivity contribution in [3.63, 3.8) is 0 Å². The number of benzene rings is 1. The standard InChI is InChI=1S/C18H26ClN3O2/c1-18(2,3)16(20)17(24)22-10-8-21(9-11-22)15(23)12-13-6-4-5-7-14(13)19/h4-7,16H,8-12,20H2,1-3H3/t16-/m1/s1. The Morgan fingerprint density at radius 2 is 1.67 bits per heavy atom. The van der Waals surface area contributed by atoms with Crippen molar-refractivity contribution >= 4 is 23.4 Å². The van der Waals surface area contributed by atoms with Gasteiger partial charge in [0.15, 0.2) is 0 Å². The van der Waals surface area contributed by atoms with Crippen LogP contribution < -0.4 is 5.73 Å². The Labute approximate surface area is 148 Å². The third kappa shape index (κ3) is 4.48. The lowest BCUT2D eigenvalue weighted by Gasteiger charge is -2.38. The molecule has 0 aromatic heterocycles. The fourth-order valence-electron chi connectivity index (χ4n) is 2.66. The average molecular weight is 352 g/mol. The molecule has 132 valence electrons. The van der Waals surface area contributed by atoms with Crippen molar-refractivity contribution < 1.29 is 9.59 Å². The summed E-state index contributed by atoms with van der Waals surface area (Å²) in [7, 11) is 0. The number of hydrogen-bond acceptors (Lipinski definition) is 3. The first-order valence-electron chi connectivity index (χ1n) is 8.25. The summed E-state index contributed by atoms with van der Waals surface area (Å²) in [5.74, 6) is -0.00368. The molecule has 5 nitrogen and oxygen atoms in total. The molecule has 0 radical (unpaired) electrons. The van der Waals surface area contributed by atoms with Gasteiger partial charge in [-0.15, -0.1) is 0 Å². The Bertz CT molecular complexity index is 605. The number of nitrogens with zero attached hydrogens (tertiary/aromatic N) is 2. The van der Waals surface area contributed by atoms with Gasteiger partial charge in [-0.2, -0.15) is 0 Å². The van der Waals surface area contributed by atoms with Gasteiger partial charge in [-0.25, -0.2) is 0 Å². The Morgan fingerprint density at radius 1 is 1.12 bits per heavy atom. The number of amides is 2. The molecule has 1 saturated heterocycles. The highest BCUT2D eigenvalue weighted by molar-refractivity contribution is 6.31. The van der Waals surface area contributed by atoms with Crippen LogP contribution in [0, 0.1) is 5.41 Å². The molecule has 1 aliphatic heterocycles. The van der Waals surface area contributed by atoms with E-state index >= 15 is 0 Å². The topological polar surface area (TPSA) is 66.6 Å². The number of halogens is 1. The maximum absolute atomic E-state index is 12.4. The number of piperazine rings is 1. The van der Waals surface area contributed by atoms with Crippen LogP contribution in [0.1, 0.15) is 26.3 Å². The molecular weight excluding hydrogens is 326 g/mol. The lowest BCUT2D eigenvalue weighted by atomic mass is 9.86. The molecule has 0 saturated carbocycles. The number of hydrogen-bond donors (Lipinski definition) is 1. The van der Waals surface area contributed by atoms with Crippen molar-refractivity contribution in [2.24, 2.45) is 11.1 Å². The molecule has 0 unspecified atom stereocenters. The van der Waals surface area contributed by atoms with E-state index in [1.165, 1.54) is 0 Å². The van der Waals surface area contributed by atoms with E-state index in [-0.39, 0.29) is 23.7 Å². The van der Waals surface area contributed by atoms with Gasteiger partial charge >= 0.3 is 0 Å². The van der Waals surface area contributed by atoms with Gasteiger partial charge in [0.25, 0.3) is 0 Å². The molecule has 2 N–H and O–H groups in total. The largest absolute Gasteiger partial charge is 0.339 e. The summed E-state index contributed by atoms with van der Waals surface area (Å²) in [4.78, 5) is 28.4. The minimum absolute atomic E-state index is 0.0373. The normalized spacial score (nSPS) is 16.9. The maximum atomic E-state index is 12.4. The highest BCUT2D eigenvalue weighted by Crippen LogP contribution is 2.20. The quantitative estimate of drug-likeness (QED) is 0.904. The average Bonchev–Trinajstić information content (AvgIpc) is 2.55. The van der Waals surface area contributed by atoms with Crippen LogP contribution in [-0.4, -0.2) is 53.8 Å². The van der Waals surface area contributed by atoms with E-state index in [0.717, 1.165) is 5.56 Å². The lowest BCUT2D eigenvalue weighted by Crippen LogP contribution is -2.57. The van der Waals surface area contributed by atoms with Crippen molar-refractivity contribution in [3.05, 3.63) is 34.9 Å². The molecule has 6 heteroatoms. The minimum atomic E-state index is -0.525. The molecule has 1 fully saturated rings. The van der Waals surface area contributed by atoms with Crippen molar-refractivity contribution in [3.8, 4) is 0 Å². The second kappa shape index (κ2) is 7.53. The molecule has 0 spiro atoms. The van der Waals surface area contributed by atoms with E-state index in [1.54, 1.807) is 15.9 Å². The predicted octanol–water partition coefficient (Wildman–Crippen LogP) is 1.93. The summed E-state index contributed by atoms with van der Waals surface area (Å²) in [6.45, 7) is 7.99. The van der Waals surface area contributed by atoms with Crippen molar-refractivity contribution in [1.82, 2.24) is 9.80 Å². The summed E-state index contributed by atoms with van der Waals surface area (Å²) in [6, 6.07) is 6.85. The maximum Gasteiger partial charge on any atom is 0.240 e. The van der Waals surface area contributed by atoms with Crippen LogP contribution in [0.3, 0.4) is 0 Å². The monoisotopic (exact) mass is 351 g/mol. The Kier molecular flexibility index (Phi) is 5.88. The number of carbonyl (C=O) groups excluding carboxylic acids is 2. The number of carbonyl (C=O) groups is 2. The summed E-state index contributed by atoms with van der Waals surface area (Å²) < 4.78 is 0. The molecule has 2 amide bonds. The first-order chi connectivity index (χ1) is 11.2. The molecule has 1 aromatic rings. The van der Waals surface area contributed by atoms with E-state index in [1.807, 2.05) is 39.0 Å². The highest BCUT2D eigenvalue weighted by Gasteiger charge is 2.33. The van der Waals surface area contributed by atoms with Gasteiger partial charge in [-0.3, -0.25) is 9.59 Å². The van der Waals surface area contributed by atoms with Crippen LogP contribution in [0.5, 0.6) is 0 Å². The Morgan fingerprint density at radius 3 is 2.21 bits per heavy atom. The van der Waals surface area contributed by atoms with Crippen LogP contribution >= 0.6 is 11.6 Å². The SMILES string of the molecule is CC(C)(C)[C@H](N)C(=O)N1CCN(C(=O)Cc2ccccc2Cl)CC1. The third-order valence-electron chi connectivity index (χ3n) is 4.44. The van der Waals surface area contributed by atoms with Gasteiger partial charge in [0.05, 0.1) is 12.5 Å². The molecule has 1 aliphatic rings. The second-order valence-electron chi connectivity index (χ2n) is 7.32. The fourth-order valence-corrected chi connectivity index (χ4v) is 2.86. The Hall–Kier alpha value is -1.59. The van der Waals surface area contributed by atoms with Gasteiger partial charge < -0.3 is 15.5 Å². The van der Waals surface area contributed by atoms with Gasteiger partial charge in [0.2, 0.25) is 11.8 Å². The molecule has 1 heterocycles. The van der Waals surface area contributed by atoms with Crippen molar-refractivity contribution in [2.75, 3.05) is 26.2 Å². The highest BCUT2D eigenvalue weighted by atomic mass is 35.5. The number of rotatable bonds is 3. The lowest BCUT2D eigenvalue weighted by molar-refractivity contribution is -0.141. The third-order valence-corrected chi connectivity index (χ3v) is 4.81. The van der Waals surface area contributed by atoms with Crippen LogP contribution in [0.4, 0.5) is 0 Å². The second-order valence-corrected chi connectivity index (χ2v) is 7.73.